The summed E-state index contributed by atoms with van der Waals surface area (Å²) in [7, 11) is 0. The first-order chi connectivity index (χ1) is 44.2. The minimum Gasteiger partial charge on any atom is -0.394 e. The predicted molar refractivity (Wildman–Crippen MR) is 381 cm³/mol. The van der Waals surface area contributed by atoms with Crippen LogP contribution in [0.4, 0.5) is 0 Å². The predicted octanol–water partition coefficient (Wildman–Crippen LogP) is 20.3. The Balaban J connectivity index is 2.15. The van der Waals surface area contributed by atoms with Gasteiger partial charge in [0.1, 0.15) is 36.6 Å². The Hall–Kier alpha value is -1.41. The summed E-state index contributed by atoms with van der Waals surface area (Å²) in [5, 5.41) is 76.7. The van der Waals surface area contributed by atoms with Gasteiger partial charge in [-0.25, -0.2) is 0 Å². The van der Waals surface area contributed by atoms with E-state index in [-0.39, 0.29) is 12.8 Å². The van der Waals surface area contributed by atoms with E-state index in [1.165, 1.54) is 321 Å². The van der Waals surface area contributed by atoms with Crippen LogP contribution < -0.4 is 5.32 Å². The van der Waals surface area contributed by atoms with E-state index in [9.17, 15) is 40.5 Å². The van der Waals surface area contributed by atoms with Crippen molar-refractivity contribution < 1.29 is 50.0 Å². The number of aliphatic hydroxyl groups excluding tert-OH is 7. The first-order valence-corrected chi connectivity index (χ1v) is 39.7. The number of unbranched alkanes of at least 4 members (excludes halogenated alkanes) is 55. The molecule has 1 saturated heterocycles. The summed E-state index contributed by atoms with van der Waals surface area (Å²) >= 11 is 0. The summed E-state index contributed by atoms with van der Waals surface area (Å²) in [5.41, 5.74) is 0. The Morgan fingerprint density at radius 2 is 0.667 bits per heavy atom. The summed E-state index contributed by atoms with van der Waals surface area (Å²) in [4.78, 5) is 13.3. The van der Waals surface area contributed by atoms with Crippen LogP contribution in [0.1, 0.15) is 406 Å². The molecular weight excluding hydrogens is 1120 g/mol. The maximum atomic E-state index is 13.3. The molecule has 1 aliphatic rings. The zero-order chi connectivity index (χ0) is 65.3. The van der Waals surface area contributed by atoms with Crippen LogP contribution in [0.5, 0.6) is 0 Å². The number of nitrogens with one attached hydrogen (secondary N) is 1. The lowest BCUT2D eigenvalue weighted by molar-refractivity contribution is -0.303. The van der Waals surface area contributed by atoms with Gasteiger partial charge in [0.15, 0.2) is 6.29 Å². The van der Waals surface area contributed by atoms with E-state index in [1.807, 2.05) is 0 Å². The van der Waals surface area contributed by atoms with E-state index in [0.717, 1.165) is 38.5 Å². The number of allylic oxidation sites excluding steroid dienone is 4. The first kappa shape index (κ1) is 86.6. The van der Waals surface area contributed by atoms with Gasteiger partial charge < -0.3 is 50.5 Å². The van der Waals surface area contributed by atoms with Crippen molar-refractivity contribution in [1.29, 1.82) is 0 Å². The summed E-state index contributed by atoms with van der Waals surface area (Å²) < 4.78 is 11.2. The second-order valence-electron chi connectivity index (χ2n) is 28.1. The lowest BCUT2D eigenvalue weighted by Gasteiger charge is -2.40. The molecule has 9 atom stereocenters. The average molecular weight is 1280 g/mol. The molecule has 9 unspecified atom stereocenters. The van der Waals surface area contributed by atoms with Gasteiger partial charge in [-0.05, 0) is 51.4 Å². The van der Waals surface area contributed by atoms with Crippen molar-refractivity contribution >= 4 is 5.91 Å². The van der Waals surface area contributed by atoms with Gasteiger partial charge in [0.2, 0.25) is 5.91 Å². The van der Waals surface area contributed by atoms with Crippen molar-refractivity contribution in [2.75, 3.05) is 13.2 Å². The monoisotopic (exact) mass is 1280 g/mol. The molecule has 8 N–H and O–H groups in total. The molecular formula is C79H153NO10. The van der Waals surface area contributed by atoms with Crippen LogP contribution in [0.25, 0.3) is 0 Å². The lowest BCUT2D eigenvalue weighted by Crippen LogP contribution is -2.60. The number of hydrogen-bond donors (Lipinski definition) is 8. The molecule has 0 spiro atoms. The van der Waals surface area contributed by atoms with Crippen molar-refractivity contribution in [2.45, 2.75) is 461 Å². The zero-order valence-electron chi connectivity index (χ0n) is 59.4. The van der Waals surface area contributed by atoms with Crippen LogP contribution in [0.3, 0.4) is 0 Å². The van der Waals surface area contributed by atoms with Crippen LogP contribution in [0.15, 0.2) is 24.3 Å². The molecule has 90 heavy (non-hydrogen) atoms. The molecule has 1 rings (SSSR count). The Labute approximate surface area is 556 Å². The van der Waals surface area contributed by atoms with E-state index < -0.39 is 74.2 Å². The molecule has 534 valence electrons. The SMILES string of the molecule is CCCCCCCCCCCCCCCCCCCCCC/C=C/CC/C=C/CCCC(O)C(O)C(COC1OC(CO)C(O)C(O)C1O)NC(=O)C(O)CCCCCCCCCCCCCCCCCCCCCCCCCCCCCCCCCCCC. The molecule has 0 saturated carbocycles. The first-order valence-electron chi connectivity index (χ1n) is 39.7. The van der Waals surface area contributed by atoms with Crippen molar-refractivity contribution in [3.63, 3.8) is 0 Å². The smallest absolute Gasteiger partial charge is 0.249 e. The van der Waals surface area contributed by atoms with Crippen molar-refractivity contribution in [3.05, 3.63) is 24.3 Å². The van der Waals surface area contributed by atoms with Crippen LogP contribution in [-0.2, 0) is 14.3 Å². The largest absolute Gasteiger partial charge is 0.394 e. The van der Waals surface area contributed by atoms with Gasteiger partial charge in [-0.1, -0.05) is 378 Å². The third kappa shape index (κ3) is 53.8. The number of ether oxygens (including phenoxy) is 2. The molecule has 0 aliphatic carbocycles. The van der Waals surface area contributed by atoms with E-state index >= 15 is 0 Å². The molecule has 0 aromatic carbocycles. The molecule has 0 aromatic rings. The van der Waals surface area contributed by atoms with E-state index in [4.69, 9.17) is 9.47 Å². The Morgan fingerprint density at radius 1 is 0.378 bits per heavy atom. The van der Waals surface area contributed by atoms with Crippen LogP contribution in [0.2, 0.25) is 0 Å². The molecule has 1 amide bonds. The highest BCUT2D eigenvalue weighted by Gasteiger charge is 2.44. The summed E-state index contributed by atoms with van der Waals surface area (Å²) in [6.45, 7) is 3.51. The van der Waals surface area contributed by atoms with Crippen LogP contribution in [-0.4, -0.2) is 110 Å². The quantitative estimate of drug-likeness (QED) is 0.0215. The molecule has 11 nitrogen and oxygen atoms in total. The number of carbonyl (C=O) groups excluding carboxylic acids is 1. The maximum absolute atomic E-state index is 13.3. The third-order valence-corrected chi connectivity index (χ3v) is 19.5. The topological polar surface area (TPSA) is 189 Å². The van der Waals surface area contributed by atoms with Gasteiger partial charge in [0, 0.05) is 0 Å². The zero-order valence-corrected chi connectivity index (χ0v) is 59.4. The molecule has 11 heteroatoms. The Kier molecular flexibility index (Phi) is 65.0. The van der Waals surface area contributed by atoms with Gasteiger partial charge in [0.05, 0.1) is 25.4 Å². The highest BCUT2D eigenvalue weighted by molar-refractivity contribution is 5.80. The number of rotatable bonds is 71. The second-order valence-corrected chi connectivity index (χ2v) is 28.1. The minimum atomic E-state index is -1.67. The fraction of sp³-hybridized carbons (Fsp3) is 0.937. The summed E-state index contributed by atoms with van der Waals surface area (Å²) in [5.74, 6) is -0.701. The number of carbonyl (C=O) groups is 1. The van der Waals surface area contributed by atoms with Crippen molar-refractivity contribution in [2.24, 2.45) is 0 Å². The van der Waals surface area contributed by atoms with Gasteiger partial charge in [-0.15, -0.1) is 0 Å². The van der Waals surface area contributed by atoms with Crippen molar-refractivity contribution in [3.8, 4) is 0 Å². The van der Waals surface area contributed by atoms with Gasteiger partial charge >= 0.3 is 0 Å². The normalized spacial score (nSPS) is 18.5. The maximum Gasteiger partial charge on any atom is 0.249 e. The minimum absolute atomic E-state index is 0.250. The number of hydrogen-bond acceptors (Lipinski definition) is 10. The third-order valence-electron chi connectivity index (χ3n) is 19.5. The molecule has 0 radical (unpaired) electrons. The number of aliphatic hydroxyl groups is 7. The molecule has 1 heterocycles. The van der Waals surface area contributed by atoms with Gasteiger partial charge in [-0.2, -0.15) is 0 Å². The summed E-state index contributed by atoms with van der Waals surface area (Å²) in [6.07, 6.45) is 75.9. The average Bonchev–Trinajstić information content (AvgIpc) is 1.28. The fourth-order valence-electron chi connectivity index (χ4n) is 13.2. The standard InChI is InChI=1S/C79H153NO10/c1-3-5-7-9-11-13-15-17-19-21-23-25-27-29-31-33-34-35-36-37-39-41-43-45-47-49-51-53-55-57-59-61-63-65-67-72(83)78(88)80-70(69-89-79-77(87)76(86)75(85)73(68-81)90-79)74(84)71(82)66-64-62-60-58-56-54-52-50-48-46-44-42-40-38-32-30-28-26-24-22-20-18-16-14-12-10-8-6-4-2/h50,52,58,60,70-77,79,81-87H,3-49,51,53-57,59,61-69H2,1-2H3,(H,80,88)/b52-50+,60-58+. The molecule has 1 fully saturated rings. The molecule has 1 aliphatic heterocycles. The van der Waals surface area contributed by atoms with E-state index in [2.05, 4.69) is 43.5 Å². The van der Waals surface area contributed by atoms with Crippen molar-refractivity contribution in [1.82, 2.24) is 5.32 Å². The van der Waals surface area contributed by atoms with Gasteiger partial charge in [-0.3, -0.25) is 4.79 Å². The van der Waals surface area contributed by atoms with Gasteiger partial charge in [0.25, 0.3) is 0 Å². The van der Waals surface area contributed by atoms with Crippen LogP contribution in [0, 0.1) is 0 Å². The lowest BCUT2D eigenvalue weighted by atomic mass is 9.98. The summed E-state index contributed by atoms with van der Waals surface area (Å²) in [6, 6.07) is -1.19. The Morgan fingerprint density at radius 3 is 0.989 bits per heavy atom. The molecule has 0 aromatic heterocycles. The Bertz CT molecular complexity index is 1510. The fourth-order valence-corrected chi connectivity index (χ4v) is 13.2. The highest BCUT2D eigenvalue weighted by Crippen LogP contribution is 2.24. The molecule has 0 bridgehead atoms. The van der Waals surface area contributed by atoms with Crippen LogP contribution >= 0.6 is 0 Å². The van der Waals surface area contributed by atoms with E-state index in [1.54, 1.807) is 0 Å². The second kappa shape index (κ2) is 67.6. The number of amides is 1. The highest BCUT2D eigenvalue weighted by atomic mass is 16.7. The van der Waals surface area contributed by atoms with E-state index in [0.29, 0.717) is 19.3 Å².